The Bertz CT molecular complexity index is 710. The second-order valence-corrected chi connectivity index (χ2v) is 8.82. The number of carbonyl (C=O) groups excluding carboxylic acids is 3. The van der Waals surface area contributed by atoms with E-state index < -0.39 is 0 Å². The summed E-state index contributed by atoms with van der Waals surface area (Å²) in [6.07, 6.45) is 3.49. The highest BCUT2D eigenvalue weighted by Crippen LogP contribution is 2.38. The summed E-state index contributed by atoms with van der Waals surface area (Å²) >= 11 is 1.26. The monoisotopic (exact) mass is 363 g/mol. The molecule has 1 aliphatic carbocycles. The molecular weight excluding hydrogens is 338 g/mol. The Hall–Kier alpha value is -1.76. The molecule has 0 bridgehead atoms. The van der Waals surface area contributed by atoms with Gasteiger partial charge in [0.15, 0.2) is 10.9 Å². The second-order valence-electron chi connectivity index (χ2n) is 7.82. The van der Waals surface area contributed by atoms with E-state index in [0.717, 1.165) is 25.0 Å². The van der Waals surface area contributed by atoms with Crippen molar-refractivity contribution in [1.82, 2.24) is 9.88 Å². The van der Waals surface area contributed by atoms with Crippen LogP contribution < -0.4 is 5.32 Å². The summed E-state index contributed by atoms with van der Waals surface area (Å²) in [4.78, 5) is 43.7. The largest absolute Gasteiger partial charge is 0.342 e. The molecule has 0 unspecified atom stereocenters. The molecule has 0 aromatic carbocycles. The first kappa shape index (κ1) is 18.0. The molecular formula is C18H25N3O3S. The standard InChI is InChI=1S/C18H25N3O3S/c1-4-5-6-21-10-11(7-14(21)23)16(24)20-17-19-12-8-18(2,3)9-13(22)15(12)25-17/h11H,4-10H2,1-3H3,(H,19,20,24)/t11-/m1/s1. The van der Waals surface area contributed by atoms with Crippen molar-refractivity contribution in [1.29, 1.82) is 0 Å². The number of rotatable bonds is 5. The van der Waals surface area contributed by atoms with E-state index in [1.807, 2.05) is 0 Å². The van der Waals surface area contributed by atoms with Crippen LogP contribution in [0, 0.1) is 11.3 Å². The molecule has 1 aromatic rings. The highest BCUT2D eigenvalue weighted by Gasteiger charge is 2.36. The van der Waals surface area contributed by atoms with Gasteiger partial charge >= 0.3 is 0 Å². The fraction of sp³-hybridized carbons (Fsp3) is 0.667. The Balaban J connectivity index is 1.65. The van der Waals surface area contributed by atoms with E-state index in [9.17, 15) is 14.4 Å². The number of unbranched alkanes of at least 4 members (excludes halogenated alkanes) is 1. The van der Waals surface area contributed by atoms with Gasteiger partial charge in [-0.3, -0.25) is 14.4 Å². The average molecular weight is 363 g/mol. The van der Waals surface area contributed by atoms with Crippen LogP contribution in [-0.4, -0.2) is 40.6 Å². The Morgan fingerprint density at radius 3 is 2.84 bits per heavy atom. The number of carbonyl (C=O) groups is 3. The van der Waals surface area contributed by atoms with E-state index in [1.165, 1.54) is 11.3 Å². The minimum absolute atomic E-state index is 0.0453. The fourth-order valence-electron chi connectivity index (χ4n) is 3.49. The van der Waals surface area contributed by atoms with E-state index >= 15 is 0 Å². The van der Waals surface area contributed by atoms with E-state index in [0.29, 0.717) is 29.5 Å². The Labute approximate surface area is 152 Å². The maximum absolute atomic E-state index is 12.5. The number of nitrogens with zero attached hydrogens (tertiary/aromatic N) is 2. The SMILES string of the molecule is CCCCN1C[C@H](C(=O)Nc2nc3c(s2)C(=O)CC(C)(C)C3)CC1=O. The first-order valence-corrected chi connectivity index (χ1v) is 9.72. The molecule has 2 aliphatic rings. The van der Waals surface area contributed by atoms with Gasteiger partial charge in [0.1, 0.15) is 0 Å². The number of anilines is 1. The number of likely N-dealkylation sites (tertiary alicyclic amines) is 1. The maximum Gasteiger partial charge on any atom is 0.231 e. The van der Waals surface area contributed by atoms with Gasteiger partial charge in [-0.05, 0) is 18.3 Å². The number of amides is 2. The van der Waals surface area contributed by atoms with Crippen molar-refractivity contribution >= 4 is 34.1 Å². The molecule has 1 saturated heterocycles. The highest BCUT2D eigenvalue weighted by atomic mass is 32.1. The maximum atomic E-state index is 12.5. The zero-order valence-electron chi connectivity index (χ0n) is 15.1. The van der Waals surface area contributed by atoms with E-state index in [4.69, 9.17) is 0 Å². The summed E-state index contributed by atoms with van der Waals surface area (Å²) < 4.78 is 0. The van der Waals surface area contributed by atoms with Gasteiger partial charge in [0.2, 0.25) is 11.8 Å². The van der Waals surface area contributed by atoms with Crippen LogP contribution in [0.3, 0.4) is 0 Å². The lowest BCUT2D eigenvalue weighted by Crippen LogP contribution is -2.29. The first-order valence-electron chi connectivity index (χ1n) is 8.90. The Morgan fingerprint density at radius 2 is 2.12 bits per heavy atom. The molecule has 1 aromatic heterocycles. The molecule has 1 fully saturated rings. The quantitative estimate of drug-likeness (QED) is 0.872. The third-order valence-corrected chi connectivity index (χ3v) is 5.89. The van der Waals surface area contributed by atoms with Gasteiger partial charge in [-0.25, -0.2) is 4.98 Å². The predicted octanol–water partition coefficient (Wildman–Crippen LogP) is 2.89. The van der Waals surface area contributed by atoms with Crippen molar-refractivity contribution in [3.8, 4) is 0 Å². The molecule has 3 rings (SSSR count). The number of aromatic nitrogens is 1. The normalized spacial score (nSPS) is 22.2. The van der Waals surface area contributed by atoms with Crippen LogP contribution in [-0.2, 0) is 16.0 Å². The van der Waals surface area contributed by atoms with Crippen molar-refractivity contribution in [2.45, 2.75) is 52.9 Å². The molecule has 0 spiro atoms. The molecule has 7 heteroatoms. The van der Waals surface area contributed by atoms with Gasteiger partial charge in [-0.2, -0.15) is 0 Å². The number of nitrogens with one attached hydrogen (secondary N) is 1. The third kappa shape index (κ3) is 3.92. The summed E-state index contributed by atoms with van der Waals surface area (Å²) in [7, 11) is 0. The predicted molar refractivity (Wildman–Crippen MR) is 96.8 cm³/mol. The van der Waals surface area contributed by atoms with Crippen LogP contribution in [0.2, 0.25) is 0 Å². The van der Waals surface area contributed by atoms with Crippen LogP contribution in [0.4, 0.5) is 5.13 Å². The number of ketones is 1. The smallest absolute Gasteiger partial charge is 0.231 e. The minimum atomic E-state index is -0.336. The van der Waals surface area contributed by atoms with Crippen molar-refractivity contribution in [2.75, 3.05) is 18.4 Å². The van der Waals surface area contributed by atoms with E-state index in [2.05, 4.69) is 31.1 Å². The van der Waals surface area contributed by atoms with Crippen LogP contribution >= 0.6 is 11.3 Å². The van der Waals surface area contributed by atoms with Gasteiger partial charge in [0.05, 0.1) is 16.5 Å². The number of thiazole rings is 1. The molecule has 1 aliphatic heterocycles. The van der Waals surface area contributed by atoms with Crippen molar-refractivity contribution in [3.63, 3.8) is 0 Å². The second kappa shape index (κ2) is 6.86. The lowest BCUT2D eigenvalue weighted by Gasteiger charge is -2.26. The Kier molecular flexibility index (Phi) is 4.95. The molecule has 0 radical (unpaired) electrons. The van der Waals surface area contributed by atoms with E-state index in [1.54, 1.807) is 4.90 Å². The number of hydrogen-bond acceptors (Lipinski definition) is 5. The third-order valence-electron chi connectivity index (χ3n) is 4.83. The molecule has 6 nitrogen and oxygen atoms in total. The van der Waals surface area contributed by atoms with Crippen molar-refractivity contribution in [3.05, 3.63) is 10.6 Å². The molecule has 25 heavy (non-hydrogen) atoms. The van der Waals surface area contributed by atoms with Gasteiger partial charge < -0.3 is 10.2 Å². The minimum Gasteiger partial charge on any atom is -0.342 e. The molecule has 0 saturated carbocycles. The fourth-order valence-corrected chi connectivity index (χ4v) is 4.42. The van der Waals surface area contributed by atoms with Crippen LogP contribution in [0.15, 0.2) is 0 Å². The molecule has 2 amide bonds. The highest BCUT2D eigenvalue weighted by molar-refractivity contribution is 7.17. The molecule has 1 N–H and O–H groups in total. The topological polar surface area (TPSA) is 79.4 Å². The van der Waals surface area contributed by atoms with Crippen LogP contribution in [0.25, 0.3) is 0 Å². The summed E-state index contributed by atoms with van der Waals surface area (Å²) in [5, 5.41) is 3.30. The van der Waals surface area contributed by atoms with Crippen LogP contribution in [0.5, 0.6) is 0 Å². The zero-order chi connectivity index (χ0) is 18.2. The van der Waals surface area contributed by atoms with Gasteiger partial charge in [0.25, 0.3) is 0 Å². The number of hydrogen-bond donors (Lipinski definition) is 1. The number of fused-ring (bicyclic) bond motifs is 1. The zero-order valence-corrected chi connectivity index (χ0v) is 15.9. The first-order chi connectivity index (χ1) is 11.8. The summed E-state index contributed by atoms with van der Waals surface area (Å²) in [5.74, 6) is -0.363. The summed E-state index contributed by atoms with van der Waals surface area (Å²) in [6.45, 7) is 7.38. The average Bonchev–Trinajstić information content (AvgIpc) is 3.07. The van der Waals surface area contributed by atoms with Gasteiger partial charge in [-0.1, -0.05) is 38.5 Å². The van der Waals surface area contributed by atoms with Crippen LogP contribution in [0.1, 0.15) is 61.8 Å². The summed E-state index contributed by atoms with van der Waals surface area (Å²) in [6, 6.07) is 0. The lowest BCUT2D eigenvalue weighted by molar-refractivity contribution is -0.128. The Morgan fingerprint density at radius 1 is 1.36 bits per heavy atom. The molecule has 2 heterocycles. The van der Waals surface area contributed by atoms with Crippen molar-refractivity contribution < 1.29 is 14.4 Å². The van der Waals surface area contributed by atoms with Gasteiger partial charge in [0, 0.05) is 25.9 Å². The van der Waals surface area contributed by atoms with E-state index in [-0.39, 0.29) is 35.4 Å². The van der Waals surface area contributed by atoms with Gasteiger partial charge in [-0.15, -0.1) is 0 Å². The summed E-state index contributed by atoms with van der Waals surface area (Å²) in [5.41, 5.74) is 0.700. The lowest BCUT2D eigenvalue weighted by atomic mass is 9.78. The van der Waals surface area contributed by atoms with Crippen molar-refractivity contribution in [2.24, 2.45) is 11.3 Å². The molecule has 136 valence electrons. The molecule has 1 atom stereocenters. The number of Topliss-reactive ketones (excluding diaryl/α,β-unsaturated/α-hetero) is 1.